The quantitative estimate of drug-likeness (QED) is 0.511. The Bertz CT molecular complexity index is 1040. The van der Waals surface area contributed by atoms with Crippen LogP contribution >= 0.6 is 0 Å². The highest BCUT2D eigenvalue weighted by Gasteiger charge is 2.35. The molecule has 4 heterocycles. The van der Waals surface area contributed by atoms with Gasteiger partial charge < -0.3 is 25.2 Å². The van der Waals surface area contributed by atoms with Crippen LogP contribution in [0.4, 0.5) is 30.6 Å². The van der Waals surface area contributed by atoms with E-state index < -0.39 is 11.7 Å². The molecule has 192 valence electrons. The van der Waals surface area contributed by atoms with Crippen molar-refractivity contribution in [3.63, 3.8) is 0 Å². The Morgan fingerprint density at radius 1 is 1.34 bits per heavy atom. The Morgan fingerprint density at radius 3 is 2.74 bits per heavy atom. The second-order valence-corrected chi connectivity index (χ2v) is 9.17. The third-order valence-electron chi connectivity index (χ3n) is 6.32. The van der Waals surface area contributed by atoms with Crippen LogP contribution in [0.1, 0.15) is 30.1 Å². The molecule has 0 bridgehead atoms. The van der Waals surface area contributed by atoms with Crippen LogP contribution in [0, 0.1) is 12.8 Å². The Labute approximate surface area is 201 Å². The average molecular weight is 497 g/mol. The molecule has 0 aromatic carbocycles. The van der Waals surface area contributed by atoms with Crippen molar-refractivity contribution in [3.05, 3.63) is 23.7 Å². The van der Waals surface area contributed by atoms with Crippen LogP contribution in [0.3, 0.4) is 0 Å². The molecule has 2 aliphatic rings. The van der Waals surface area contributed by atoms with E-state index in [1.807, 2.05) is 17.8 Å². The maximum absolute atomic E-state index is 13.5. The minimum absolute atomic E-state index is 0.0130. The monoisotopic (exact) mass is 496 g/mol. The number of carbonyl (C=O) groups is 1. The van der Waals surface area contributed by atoms with Gasteiger partial charge in [-0.1, -0.05) is 0 Å². The SMILES string of the molecule is Cc1nn(C2CCN(C)C2)cc1Nc1ncc(C(F)(F)F)c(NCCCN(C)C(=O)C2COC2)n1. The van der Waals surface area contributed by atoms with Crippen LogP contribution in [-0.4, -0.2) is 88.9 Å². The number of aryl methyl sites for hydroxylation is 1. The Morgan fingerprint density at radius 2 is 2.11 bits per heavy atom. The topological polar surface area (TPSA) is 100 Å². The molecule has 0 aliphatic carbocycles. The summed E-state index contributed by atoms with van der Waals surface area (Å²) < 4.78 is 47.5. The number of nitrogens with one attached hydrogen (secondary N) is 2. The largest absolute Gasteiger partial charge is 0.421 e. The number of anilines is 3. The molecule has 13 heteroatoms. The molecule has 1 unspecified atom stereocenters. The summed E-state index contributed by atoms with van der Waals surface area (Å²) in [6.45, 7) is 5.17. The summed E-state index contributed by atoms with van der Waals surface area (Å²) in [5.41, 5.74) is 0.410. The summed E-state index contributed by atoms with van der Waals surface area (Å²) in [4.78, 5) is 23.9. The highest BCUT2D eigenvalue weighted by atomic mass is 19.4. The van der Waals surface area contributed by atoms with E-state index in [0.29, 0.717) is 37.6 Å². The Kier molecular flexibility index (Phi) is 7.45. The second-order valence-electron chi connectivity index (χ2n) is 9.17. The molecular formula is C22H31F3N8O2. The van der Waals surface area contributed by atoms with Crippen LogP contribution in [0.5, 0.6) is 0 Å². The van der Waals surface area contributed by atoms with Crippen molar-refractivity contribution in [2.24, 2.45) is 5.92 Å². The number of aromatic nitrogens is 4. The molecular weight excluding hydrogens is 465 g/mol. The summed E-state index contributed by atoms with van der Waals surface area (Å²) in [5.74, 6) is -0.397. The van der Waals surface area contributed by atoms with E-state index in [1.165, 1.54) is 0 Å². The van der Waals surface area contributed by atoms with Crippen LogP contribution in [-0.2, 0) is 15.7 Å². The number of carbonyl (C=O) groups excluding carboxylic acids is 1. The molecule has 0 radical (unpaired) electrons. The number of likely N-dealkylation sites (N-methyl/N-ethyl adjacent to an activating group) is 1. The van der Waals surface area contributed by atoms with E-state index in [-0.39, 0.29) is 36.2 Å². The maximum atomic E-state index is 13.5. The molecule has 0 saturated carbocycles. The van der Waals surface area contributed by atoms with Crippen molar-refractivity contribution in [2.75, 3.05) is 64.1 Å². The van der Waals surface area contributed by atoms with Crippen molar-refractivity contribution < 1.29 is 22.7 Å². The summed E-state index contributed by atoms with van der Waals surface area (Å²) >= 11 is 0. The second kappa shape index (κ2) is 10.4. The van der Waals surface area contributed by atoms with Crippen molar-refractivity contribution in [2.45, 2.75) is 32.0 Å². The first kappa shape index (κ1) is 25.2. The van der Waals surface area contributed by atoms with Crippen LogP contribution in [0.15, 0.2) is 12.4 Å². The van der Waals surface area contributed by atoms with E-state index in [1.54, 1.807) is 11.9 Å². The Hall–Kier alpha value is -2.93. The zero-order valence-corrected chi connectivity index (χ0v) is 20.1. The van der Waals surface area contributed by atoms with Crippen LogP contribution < -0.4 is 10.6 Å². The fraction of sp³-hybridized carbons (Fsp3) is 0.636. The first-order valence-corrected chi connectivity index (χ1v) is 11.6. The fourth-order valence-electron chi connectivity index (χ4n) is 4.15. The lowest BCUT2D eigenvalue weighted by Crippen LogP contribution is -2.43. The van der Waals surface area contributed by atoms with Crippen LogP contribution in [0.2, 0.25) is 0 Å². The molecule has 2 aromatic heterocycles. The molecule has 10 nitrogen and oxygen atoms in total. The van der Waals surface area contributed by atoms with Gasteiger partial charge in [0.1, 0.15) is 11.4 Å². The van der Waals surface area contributed by atoms with Crippen molar-refractivity contribution in [1.82, 2.24) is 29.5 Å². The first-order chi connectivity index (χ1) is 16.6. The van der Waals surface area contributed by atoms with Gasteiger partial charge in [-0.2, -0.15) is 23.3 Å². The minimum Gasteiger partial charge on any atom is -0.380 e. The summed E-state index contributed by atoms with van der Waals surface area (Å²) in [5, 5.41) is 10.3. The molecule has 0 spiro atoms. The number of ether oxygens (including phenoxy) is 1. The maximum Gasteiger partial charge on any atom is 0.421 e. The predicted molar refractivity (Wildman–Crippen MR) is 123 cm³/mol. The lowest BCUT2D eigenvalue weighted by molar-refractivity contribution is -0.148. The summed E-state index contributed by atoms with van der Waals surface area (Å²) in [7, 11) is 3.74. The van der Waals surface area contributed by atoms with Crippen molar-refractivity contribution in [1.29, 1.82) is 0 Å². The number of hydrogen-bond donors (Lipinski definition) is 2. The molecule has 2 saturated heterocycles. The van der Waals surface area contributed by atoms with Crippen molar-refractivity contribution >= 4 is 23.4 Å². The molecule has 2 N–H and O–H groups in total. The third kappa shape index (κ3) is 6.01. The van der Waals surface area contributed by atoms with E-state index in [4.69, 9.17) is 4.74 Å². The molecule has 2 aromatic rings. The summed E-state index contributed by atoms with van der Waals surface area (Å²) in [6.07, 6.45) is -0.547. The van der Waals surface area contributed by atoms with Gasteiger partial charge in [-0.3, -0.25) is 9.48 Å². The predicted octanol–water partition coefficient (Wildman–Crippen LogP) is 2.53. The number of halogens is 3. The zero-order chi connectivity index (χ0) is 25.2. The molecule has 1 amide bonds. The van der Waals surface area contributed by atoms with Gasteiger partial charge in [-0.25, -0.2) is 4.98 Å². The zero-order valence-electron chi connectivity index (χ0n) is 20.1. The Balaban J connectivity index is 1.40. The van der Waals surface area contributed by atoms with Crippen LogP contribution in [0.25, 0.3) is 0 Å². The molecule has 4 rings (SSSR count). The number of likely N-dealkylation sites (tertiary alicyclic amines) is 1. The highest BCUT2D eigenvalue weighted by molar-refractivity contribution is 5.79. The van der Waals surface area contributed by atoms with Gasteiger partial charge in [0.2, 0.25) is 11.9 Å². The van der Waals surface area contributed by atoms with E-state index in [9.17, 15) is 18.0 Å². The smallest absolute Gasteiger partial charge is 0.380 e. The van der Waals surface area contributed by atoms with Gasteiger partial charge in [0.15, 0.2) is 0 Å². The molecule has 35 heavy (non-hydrogen) atoms. The molecule has 2 fully saturated rings. The lowest BCUT2D eigenvalue weighted by Gasteiger charge is -2.29. The number of hydrogen-bond acceptors (Lipinski definition) is 8. The van der Waals surface area contributed by atoms with E-state index in [2.05, 4.69) is 37.6 Å². The minimum atomic E-state index is -4.60. The molecule has 2 aliphatic heterocycles. The van der Waals surface area contributed by atoms with Gasteiger partial charge in [-0.15, -0.1) is 0 Å². The van der Waals surface area contributed by atoms with Gasteiger partial charge in [0, 0.05) is 39.1 Å². The first-order valence-electron chi connectivity index (χ1n) is 11.6. The van der Waals surface area contributed by atoms with E-state index in [0.717, 1.165) is 25.7 Å². The lowest BCUT2D eigenvalue weighted by atomic mass is 10.1. The van der Waals surface area contributed by atoms with Gasteiger partial charge in [-0.05, 0) is 33.4 Å². The van der Waals surface area contributed by atoms with Gasteiger partial charge >= 0.3 is 6.18 Å². The van der Waals surface area contributed by atoms with Crippen molar-refractivity contribution in [3.8, 4) is 0 Å². The number of rotatable bonds is 9. The normalized spacial score (nSPS) is 19.0. The van der Waals surface area contributed by atoms with Gasteiger partial charge in [0.05, 0.1) is 36.6 Å². The third-order valence-corrected chi connectivity index (χ3v) is 6.32. The standard InChI is InChI=1S/C22H31F3N8O2/c1-14-18(11-33(30-14)16-5-8-31(2)10-16)28-21-27-9-17(22(23,24)25)19(29-21)26-6-4-7-32(3)20(34)15-12-35-13-15/h9,11,15-16H,4-8,10,12-13H2,1-3H3,(H2,26,27,28,29). The number of nitrogens with zero attached hydrogens (tertiary/aromatic N) is 6. The highest BCUT2D eigenvalue weighted by Crippen LogP contribution is 2.34. The fourth-order valence-corrected chi connectivity index (χ4v) is 4.15. The average Bonchev–Trinajstić information content (AvgIpc) is 3.34. The summed E-state index contributed by atoms with van der Waals surface area (Å²) in [6, 6.07) is 0.252. The number of amides is 1. The van der Waals surface area contributed by atoms with Gasteiger partial charge in [0.25, 0.3) is 0 Å². The number of alkyl halides is 3. The van der Waals surface area contributed by atoms with E-state index >= 15 is 0 Å². The molecule has 1 atom stereocenters.